The molecule has 2 N–H and O–H groups in total. The Morgan fingerprint density at radius 3 is 2.79 bits per heavy atom. The van der Waals surface area contributed by atoms with Crippen molar-refractivity contribution in [1.82, 2.24) is 5.32 Å². The van der Waals surface area contributed by atoms with Crippen molar-refractivity contribution in [3.63, 3.8) is 0 Å². The minimum atomic E-state index is -0.326. The third kappa shape index (κ3) is 4.07. The second-order valence-electron chi connectivity index (χ2n) is 4.69. The number of nitrogens with one attached hydrogen (secondary N) is 1. The number of aromatic hydroxyl groups is 1. The minimum Gasteiger partial charge on any atom is -0.508 e. The Morgan fingerprint density at radius 2 is 2.00 bits per heavy atom. The van der Waals surface area contributed by atoms with Gasteiger partial charge in [0.15, 0.2) is 0 Å². The van der Waals surface area contributed by atoms with Gasteiger partial charge in [0.1, 0.15) is 11.6 Å². The SMILES string of the molecule is Cc1cccc(CCNCc2cc(F)ccc2O)c1. The minimum absolute atomic E-state index is 0.129. The summed E-state index contributed by atoms with van der Waals surface area (Å²) in [5, 5.41) is 12.8. The maximum atomic E-state index is 13.0. The summed E-state index contributed by atoms with van der Waals surface area (Å²) >= 11 is 0. The Hall–Kier alpha value is -1.87. The molecule has 0 spiro atoms. The fourth-order valence-corrected chi connectivity index (χ4v) is 2.02. The zero-order valence-corrected chi connectivity index (χ0v) is 11.0. The molecule has 0 aliphatic heterocycles. The Kier molecular flexibility index (Phi) is 4.53. The van der Waals surface area contributed by atoms with Gasteiger partial charge in [-0.3, -0.25) is 0 Å². The van der Waals surface area contributed by atoms with Gasteiger partial charge in [0, 0.05) is 12.1 Å². The first-order chi connectivity index (χ1) is 9.15. The number of hydrogen-bond donors (Lipinski definition) is 2. The van der Waals surface area contributed by atoms with E-state index >= 15 is 0 Å². The predicted octanol–water partition coefficient (Wildman–Crippen LogP) is 3.17. The van der Waals surface area contributed by atoms with Crippen molar-refractivity contribution in [2.45, 2.75) is 19.9 Å². The van der Waals surface area contributed by atoms with Crippen molar-refractivity contribution in [3.05, 3.63) is 65.0 Å². The highest BCUT2D eigenvalue weighted by molar-refractivity contribution is 5.32. The first-order valence-corrected chi connectivity index (χ1v) is 6.39. The molecule has 2 rings (SSSR count). The molecular weight excluding hydrogens is 241 g/mol. The van der Waals surface area contributed by atoms with E-state index in [0.717, 1.165) is 13.0 Å². The van der Waals surface area contributed by atoms with Crippen molar-refractivity contribution >= 4 is 0 Å². The molecular formula is C16H18FNO. The monoisotopic (exact) mass is 259 g/mol. The van der Waals surface area contributed by atoms with Gasteiger partial charge in [0.05, 0.1) is 0 Å². The summed E-state index contributed by atoms with van der Waals surface area (Å²) in [7, 11) is 0. The standard InChI is InChI=1S/C16H18FNO/c1-12-3-2-4-13(9-12)7-8-18-11-14-10-15(17)5-6-16(14)19/h2-6,9-10,18-19H,7-8,11H2,1H3. The van der Waals surface area contributed by atoms with Crippen molar-refractivity contribution < 1.29 is 9.50 Å². The van der Waals surface area contributed by atoms with E-state index < -0.39 is 0 Å². The van der Waals surface area contributed by atoms with Crippen LogP contribution in [0.5, 0.6) is 5.75 Å². The zero-order chi connectivity index (χ0) is 13.7. The summed E-state index contributed by atoms with van der Waals surface area (Å²) in [5.74, 6) is -0.197. The van der Waals surface area contributed by atoms with Gasteiger partial charge in [0.25, 0.3) is 0 Å². The van der Waals surface area contributed by atoms with E-state index in [4.69, 9.17) is 0 Å². The van der Waals surface area contributed by atoms with Gasteiger partial charge in [-0.1, -0.05) is 29.8 Å². The molecule has 0 aromatic heterocycles. The number of benzene rings is 2. The normalized spacial score (nSPS) is 10.6. The quantitative estimate of drug-likeness (QED) is 0.808. The van der Waals surface area contributed by atoms with Crippen LogP contribution < -0.4 is 5.32 Å². The second-order valence-corrected chi connectivity index (χ2v) is 4.69. The van der Waals surface area contributed by atoms with Crippen LogP contribution in [0, 0.1) is 12.7 Å². The number of phenolic OH excluding ortho intramolecular Hbond substituents is 1. The molecule has 2 aromatic carbocycles. The van der Waals surface area contributed by atoms with Crippen LogP contribution >= 0.6 is 0 Å². The fraction of sp³-hybridized carbons (Fsp3) is 0.250. The summed E-state index contributed by atoms with van der Waals surface area (Å²) in [6.07, 6.45) is 0.914. The molecule has 0 unspecified atom stereocenters. The van der Waals surface area contributed by atoms with Crippen molar-refractivity contribution in [2.24, 2.45) is 0 Å². The van der Waals surface area contributed by atoms with E-state index in [9.17, 15) is 9.50 Å². The maximum Gasteiger partial charge on any atom is 0.123 e. The fourth-order valence-electron chi connectivity index (χ4n) is 2.02. The van der Waals surface area contributed by atoms with Crippen molar-refractivity contribution in [1.29, 1.82) is 0 Å². The van der Waals surface area contributed by atoms with Gasteiger partial charge in [-0.05, 0) is 43.7 Å². The average molecular weight is 259 g/mol. The first kappa shape index (κ1) is 13.6. The van der Waals surface area contributed by atoms with Gasteiger partial charge in [-0.15, -0.1) is 0 Å². The van der Waals surface area contributed by atoms with Crippen molar-refractivity contribution in [2.75, 3.05) is 6.54 Å². The van der Waals surface area contributed by atoms with E-state index in [1.807, 2.05) is 6.07 Å². The lowest BCUT2D eigenvalue weighted by Gasteiger charge is -2.07. The number of rotatable bonds is 5. The highest BCUT2D eigenvalue weighted by Gasteiger charge is 2.02. The van der Waals surface area contributed by atoms with Crippen molar-refractivity contribution in [3.8, 4) is 5.75 Å². The lowest BCUT2D eigenvalue weighted by atomic mass is 10.1. The molecule has 0 radical (unpaired) electrons. The van der Waals surface area contributed by atoms with Gasteiger partial charge in [-0.2, -0.15) is 0 Å². The van der Waals surface area contributed by atoms with Crippen LogP contribution in [0.15, 0.2) is 42.5 Å². The van der Waals surface area contributed by atoms with Crippen LogP contribution in [-0.4, -0.2) is 11.7 Å². The summed E-state index contributed by atoms with van der Waals surface area (Å²) in [6.45, 7) is 3.33. The van der Waals surface area contributed by atoms with E-state index in [1.165, 1.54) is 29.3 Å². The lowest BCUT2D eigenvalue weighted by molar-refractivity contribution is 0.461. The second kappa shape index (κ2) is 6.34. The predicted molar refractivity (Wildman–Crippen MR) is 74.7 cm³/mol. The molecule has 0 heterocycles. The van der Waals surface area contributed by atoms with Gasteiger partial charge >= 0.3 is 0 Å². The summed E-state index contributed by atoms with van der Waals surface area (Å²) in [6, 6.07) is 12.4. The van der Waals surface area contributed by atoms with Crippen LogP contribution in [0.3, 0.4) is 0 Å². The molecule has 0 atom stereocenters. The molecule has 2 nitrogen and oxygen atoms in total. The molecule has 19 heavy (non-hydrogen) atoms. The lowest BCUT2D eigenvalue weighted by Crippen LogP contribution is -2.16. The topological polar surface area (TPSA) is 32.3 Å². The molecule has 100 valence electrons. The number of aryl methyl sites for hydroxylation is 1. The number of halogens is 1. The smallest absolute Gasteiger partial charge is 0.123 e. The molecule has 0 amide bonds. The van der Waals surface area contributed by atoms with E-state index in [-0.39, 0.29) is 11.6 Å². The van der Waals surface area contributed by atoms with Crippen LogP contribution in [0.4, 0.5) is 4.39 Å². The van der Waals surface area contributed by atoms with Gasteiger partial charge in [0.2, 0.25) is 0 Å². The Bertz CT molecular complexity index is 554. The number of phenols is 1. The van der Waals surface area contributed by atoms with Crippen LogP contribution in [-0.2, 0) is 13.0 Å². The molecule has 3 heteroatoms. The summed E-state index contributed by atoms with van der Waals surface area (Å²) in [5.41, 5.74) is 3.11. The highest BCUT2D eigenvalue weighted by atomic mass is 19.1. The molecule has 0 fully saturated rings. The molecule has 0 bridgehead atoms. The van der Waals surface area contributed by atoms with Crippen LogP contribution in [0.25, 0.3) is 0 Å². The Labute approximate surface area is 112 Å². The third-order valence-electron chi connectivity index (χ3n) is 3.03. The van der Waals surface area contributed by atoms with Crippen LogP contribution in [0.2, 0.25) is 0 Å². The van der Waals surface area contributed by atoms with E-state index in [2.05, 4.69) is 30.4 Å². The average Bonchev–Trinajstić information content (AvgIpc) is 2.39. The summed E-state index contributed by atoms with van der Waals surface area (Å²) in [4.78, 5) is 0. The largest absolute Gasteiger partial charge is 0.508 e. The number of hydrogen-bond acceptors (Lipinski definition) is 2. The third-order valence-corrected chi connectivity index (χ3v) is 3.03. The molecule has 0 aliphatic carbocycles. The van der Waals surface area contributed by atoms with Gasteiger partial charge < -0.3 is 10.4 Å². The van der Waals surface area contributed by atoms with E-state index in [0.29, 0.717) is 12.1 Å². The molecule has 0 saturated heterocycles. The maximum absolute atomic E-state index is 13.0. The Morgan fingerprint density at radius 1 is 1.16 bits per heavy atom. The Balaban J connectivity index is 1.82. The molecule has 0 saturated carbocycles. The highest BCUT2D eigenvalue weighted by Crippen LogP contribution is 2.17. The summed E-state index contributed by atoms with van der Waals surface area (Å²) < 4.78 is 13.0. The molecule has 0 aliphatic rings. The van der Waals surface area contributed by atoms with Crippen LogP contribution in [0.1, 0.15) is 16.7 Å². The van der Waals surface area contributed by atoms with E-state index in [1.54, 1.807) is 0 Å². The van der Waals surface area contributed by atoms with Gasteiger partial charge in [-0.25, -0.2) is 4.39 Å². The molecule has 2 aromatic rings. The zero-order valence-electron chi connectivity index (χ0n) is 11.0. The first-order valence-electron chi connectivity index (χ1n) is 6.39.